The highest BCUT2D eigenvalue weighted by atomic mass is 31.1. The fraction of sp³-hybridized carbons (Fsp3) is 0.143. The number of benzene rings is 1. The molecule has 1 rings (SSSR count). The van der Waals surface area contributed by atoms with Crippen molar-refractivity contribution in [3.63, 3.8) is 0 Å². The Bertz CT molecular complexity index is 218. The van der Waals surface area contributed by atoms with Crippen molar-refractivity contribution in [2.75, 3.05) is 7.11 Å². The predicted molar refractivity (Wildman–Crippen MR) is 41.6 cm³/mol. The van der Waals surface area contributed by atoms with Crippen LogP contribution in [0.15, 0.2) is 24.3 Å². The molecule has 0 saturated heterocycles. The van der Waals surface area contributed by atoms with Crippen LogP contribution in [0.2, 0.25) is 0 Å². The van der Waals surface area contributed by atoms with Gasteiger partial charge in [-0.25, -0.2) is 0 Å². The Morgan fingerprint density at radius 1 is 1.30 bits per heavy atom. The Morgan fingerprint density at radius 3 is 2.30 bits per heavy atom. The van der Waals surface area contributed by atoms with E-state index in [1.165, 1.54) is 0 Å². The monoisotopic (exact) mass is 155 g/mol. The van der Waals surface area contributed by atoms with Crippen LogP contribution < -0.4 is 10.0 Å². The molecule has 0 spiro atoms. The molecule has 0 N–H and O–H groups in total. The third-order valence-electron chi connectivity index (χ3n) is 1.21. The van der Waals surface area contributed by atoms with Gasteiger partial charge in [-0.1, -0.05) is 4.57 Å². The molecule has 0 aliphatic heterocycles. The van der Waals surface area contributed by atoms with Crippen LogP contribution in [-0.4, -0.2) is 7.11 Å². The number of rotatable bonds is 2. The molecule has 0 amide bonds. The van der Waals surface area contributed by atoms with Gasteiger partial charge in [-0.3, -0.25) is 0 Å². The van der Waals surface area contributed by atoms with E-state index in [1.54, 1.807) is 31.4 Å². The van der Waals surface area contributed by atoms with Gasteiger partial charge in [0.25, 0.3) is 0 Å². The average molecular weight is 155 g/mol. The van der Waals surface area contributed by atoms with E-state index in [-0.39, 0.29) is 8.46 Å². The van der Waals surface area contributed by atoms with Crippen molar-refractivity contribution in [1.29, 1.82) is 0 Å². The summed E-state index contributed by atoms with van der Waals surface area (Å²) in [5, 5.41) is 0.820. The smallest absolute Gasteiger partial charge is 0.363 e. The molecule has 0 aliphatic carbocycles. The van der Waals surface area contributed by atoms with Gasteiger partial charge >= 0.3 is 8.46 Å². The summed E-state index contributed by atoms with van der Waals surface area (Å²) in [4.78, 5) is 0. The Kier molecular flexibility index (Phi) is 2.41. The normalized spacial score (nSPS) is 9.70. The number of hydrogen-bond donors (Lipinski definition) is 0. The number of methoxy groups -OCH3 is 1. The second-order valence-corrected chi connectivity index (χ2v) is 2.61. The topological polar surface area (TPSA) is 26.3 Å². The fourth-order valence-corrected chi connectivity index (χ4v) is 0.962. The SMILES string of the molecule is COc1ccc([PH+]=O)cc1. The van der Waals surface area contributed by atoms with Gasteiger partial charge in [-0.15, -0.1) is 0 Å². The highest BCUT2D eigenvalue weighted by Gasteiger charge is 1.97. The lowest BCUT2D eigenvalue weighted by Crippen LogP contribution is -1.89. The number of hydrogen-bond acceptors (Lipinski definition) is 2. The van der Waals surface area contributed by atoms with Crippen molar-refractivity contribution in [2.45, 2.75) is 0 Å². The van der Waals surface area contributed by atoms with Gasteiger partial charge in [-0.05, 0) is 24.3 Å². The number of ether oxygens (including phenoxy) is 1. The van der Waals surface area contributed by atoms with Crippen LogP contribution in [-0.2, 0) is 4.57 Å². The van der Waals surface area contributed by atoms with E-state index in [4.69, 9.17) is 4.74 Å². The molecule has 1 atom stereocenters. The first kappa shape index (κ1) is 7.23. The van der Waals surface area contributed by atoms with Gasteiger partial charge in [0.15, 0.2) is 5.30 Å². The zero-order chi connectivity index (χ0) is 7.40. The molecule has 0 radical (unpaired) electrons. The maximum absolute atomic E-state index is 10.3. The minimum Gasteiger partial charge on any atom is -0.497 e. The van der Waals surface area contributed by atoms with Crippen LogP contribution in [0.25, 0.3) is 0 Å². The lowest BCUT2D eigenvalue weighted by molar-refractivity contribution is 0.415. The molecule has 1 unspecified atom stereocenters. The second kappa shape index (κ2) is 3.33. The summed E-state index contributed by atoms with van der Waals surface area (Å²) in [6.45, 7) is 0. The van der Waals surface area contributed by atoms with Crippen molar-refractivity contribution in [2.24, 2.45) is 0 Å². The summed E-state index contributed by atoms with van der Waals surface area (Å²) in [5.74, 6) is 0.794. The van der Waals surface area contributed by atoms with E-state index in [1.807, 2.05) is 0 Å². The van der Waals surface area contributed by atoms with Gasteiger partial charge in [-0.2, -0.15) is 0 Å². The molecule has 0 bridgehead atoms. The zero-order valence-corrected chi connectivity index (χ0v) is 6.63. The van der Waals surface area contributed by atoms with E-state index in [0.29, 0.717) is 0 Å². The minimum absolute atomic E-state index is 0.378. The fourth-order valence-electron chi connectivity index (χ4n) is 0.659. The quantitative estimate of drug-likeness (QED) is 0.602. The Hall–Kier alpha value is -0.880. The van der Waals surface area contributed by atoms with E-state index >= 15 is 0 Å². The van der Waals surface area contributed by atoms with Gasteiger partial charge < -0.3 is 4.74 Å². The molecular weight excluding hydrogens is 147 g/mol. The van der Waals surface area contributed by atoms with Gasteiger partial charge in [0.1, 0.15) is 5.75 Å². The van der Waals surface area contributed by atoms with Gasteiger partial charge in [0.05, 0.1) is 7.11 Å². The molecule has 3 heteroatoms. The van der Waals surface area contributed by atoms with Crippen molar-refractivity contribution in [1.82, 2.24) is 0 Å². The Balaban J connectivity index is 2.90. The first-order chi connectivity index (χ1) is 4.86. The first-order valence-corrected chi connectivity index (χ1v) is 3.80. The summed E-state index contributed by atoms with van der Waals surface area (Å²) in [6.07, 6.45) is 0. The second-order valence-electron chi connectivity index (χ2n) is 1.83. The molecule has 52 valence electrons. The van der Waals surface area contributed by atoms with Crippen LogP contribution in [0, 0.1) is 0 Å². The van der Waals surface area contributed by atoms with Crippen LogP contribution in [0.1, 0.15) is 0 Å². The van der Waals surface area contributed by atoms with Crippen LogP contribution in [0.5, 0.6) is 5.75 Å². The molecule has 10 heavy (non-hydrogen) atoms. The standard InChI is InChI=1S/C7H7O2P/c1-9-6-2-4-7(10-8)5-3-6/h2-5H,1H3/p+1. The molecule has 0 aliphatic rings. The Morgan fingerprint density at radius 2 is 1.90 bits per heavy atom. The summed E-state index contributed by atoms with van der Waals surface area (Å²) >= 11 is 0. The van der Waals surface area contributed by atoms with E-state index in [9.17, 15) is 4.57 Å². The summed E-state index contributed by atoms with van der Waals surface area (Å²) in [6, 6.07) is 7.15. The summed E-state index contributed by atoms with van der Waals surface area (Å²) in [7, 11) is 1.23. The first-order valence-electron chi connectivity index (χ1n) is 2.89. The summed E-state index contributed by atoms with van der Waals surface area (Å²) < 4.78 is 15.2. The van der Waals surface area contributed by atoms with Crippen LogP contribution in [0.3, 0.4) is 0 Å². The van der Waals surface area contributed by atoms with E-state index < -0.39 is 0 Å². The van der Waals surface area contributed by atoms with Crippen molar-refractivity contribution in [3.05, 3.63) is 24.3 Å². The predicted octanol–water partition coefficient (Wildman–Crippen LogP) is 1.34. The highest BCUT2D eigenvalue weighted by molar-refractivity contribution is 7.34. The molecule has 2 nitrogen and oxygen atoms in total. The maximum atomic E-state index is 10.3. The van der Waals surface area contributed by atoms with Gasteiger partial charge in [0, 0.05) is 0 Å². The molecule has 1 aromatic carbocycles. The molecule has 0 aromatic heterocycles. The van der Waals surface area contributed by atoms with E-state index in [2.05, 4.69) is 0 Å². The molecule has 0 fully saturated rings. The lowest BCUT2D eigenvalue weighted by Gasteiger charge is -1.94. The summed E-state index contributed by atoms with van der Waals surface area (Å²) in [5.41, 5.74) is 0. The van der Waals surface area contributed by atoms with Gasteiger partial charge in [0.2, 0.25) is 0 Å². The van der Waals surface area contributed by atoms with Crippen molar-refractivity contribution >= 4 is 13.8 Å². The molecule has 0 heterocycles. The van der Waals surface area contributed by atoms with Crippen molar-refractivity contribution in [3.8, 4) is 5.75 Å². The average Bonchev–Trinajstić information content (AvgIpc) is 2.05. The third kappa shape index (κ3) is 1.55. The van der Waals surface area contributed by atoms with E-state index in [0.717, 1.165) is 11.1 Å². The third-order valence-corrected chi connectivity index (χ3v) is 1.78. The minimum atomic E-state index is -0.378. The van der Waals surface area contributed by atoms with Crippen molar-refractivity contribution < 1.29 is 9.30 Å². The Labute approximate surface area is 61.0 Å². The van der Waals surface area contributed by atoms with Crippen LogP contribution in [0.4, 0.5) is 0 Å². The molecule has 0 saturated carbocycles. The largest absolute Gasteiger partial charge is 0.497 e. The molecule has 1 aromatic rings. The maximum Gasteiger partial charge on any atom is 0.363 e. The van der Waals surface area contributed by atoms with Crippen LogP contribution >= 0.6 is 8.46 Å². The zero-order valence-electron chi connectivity index (χ0n) is 5.63. The lowest BCUT2D eigenvalue weighted by atomic mass is 10.3. The molecular formula is C7H8O2P+. The highest BCUT2D eigenvalue weighted by Crippen LogP contribution is 2.07.